The summed E-state index contributed by atoms with van der Waals surface area (Å²) in [5, 5.41) is 4.75. The second-order valence-corrected chi connectivity index (χ2v) is 6.59. The monoisotopic (exact) mass is 329 g/mol. The molecule has 1 N–H and O–H groups in total. The van der Waals surface area contributed by atoms with Gasteiger partial charge in [-0.25, -0.2) is 0 Å². The molecule has 2 rings (SSSR count). The van der Waals surface area contributed by atoms with E-state index in [1.807, 2.05) is 24.4 Å². The average Bonchev–Trinajstić information content (AvgIpc) is 2.59. The number of nitrogens with zero attached hydrogens (tertiary/aromatic N) is 2. The van der Waals surface area contributed by atoms with Crippen molar-refractivity contribution in [3.63, 3.8) is 0 Å². The molecule has 0 aliphatic carbocycles. The van der Waals surface area contributed by atoms with Gasteiger partial charge in [0.2, 0.25) is 0 Å². The number of anilines is 1. The Morgan fingerprint density at radius 3 is 2.75 bits per heavy atom. The highest BCUT2D eigenvalue weighted by Gasteiger charge is 2.08. The summed E-state index contributed by atoms with van der Waals surface area (Å²) in [5.74, 6) is 0.865. The Kier molecular flexibility index (Phi) is 7.32. The van der Waals surface area contributed by atoms with Crippen molar-refractivity contribution >= 4 is 16.6 Å². The van der Waals surface area contributed by atoms with Gasteiger partial charge in [0.15, 0.2) is 0 Å². The van der Waals surface area contributed by atoms with Crippen LogP contribution in [-0.2, 0) is 0 Å². The first kappa shape index (κ1) is 18.5. The van der Waals surface area contributed by atoms with Gasteiger partial charge in [-0.05, 0) is 70.6 Å². The highest BCUT2D eigenvalue weighted by atomic mass is 16.5. The van der Waals surface area contributed by atoms with Crippen molar-refractivity contribution in [3.8, 4) is 5.75 Å². The molecule has 2 aromatic rings. The van der Waals surface area contributed by atoms with Crippen LogP contribution in [0.1, 0.15) is 39.5 Å². The molecular formula is C20H31N3O. The van der Waals surface area contributed by atoms with Gasteiger partial charge in [-0.3, -0.25) is 4.98 Å². The van der Waals surface area contributed by atoms with Gasteiger partial charge in [-0.15, -0.1) is 0 Å². The summed E-state index contributed by atoms with van der Waals surface area (Å²) in [6, 6.07) is 8.49. The number of ether oxygens (including phenoxy) is 1. The SMILES string of the molecule is CCCCN(C)CCCC(C)Nc1ccnc2ccc(OC)cc12. The average molecular weight is 329 g/mol. The fourth-order valence-corrected chi connectivity index (χ4v) is 2.92. The van der Waals surface area contributed by atoms with Crippen LogP contribution in [0.2, 0.25) is 0 Å². The summed E-state index contributed by atoms with van der Waals surface area (Å²) < 4.78 is 5.34. The predicted octanol–water partition coefficient (Wildman–Crippen LogP) is 4.56. The number of unbranched alkanes of at least 4 members (excludes halogenated alkanes) is 1. The van der Waals surface area contributed by atoms with E-state index in [1.54, 1.807) is 7.11 Å². The van der Waals surface area contributed by atoms with Crippen LogP contribution in [0.25, 0.3) is 10.9 Å². The van der Waals surface area contributed by atoms with Crippen molar-refractivity contribution < 1.29 is 4.74 Å². The Labute approximate surface area is 146 Å². The van der Waals surface area contributed by atoms with Gasteiger partial charge >= 0.3 is 0 Å². The van der Waals surface area contributed by atoms with Crippen LogP contribution < -0.4 is 10.1 Å². The first-order chi connectivity index (χ1) is 11.6. The molecule has 4 nitrogen and oxygen atoms in total. The summed E-state index contributed by atoms with van der Waals surface area (Å²) in [4.78, 5) is 6.87. The lowest BCUT2D eigenvalue weighted by atomic mass is 10.1. The Morgan fingerprint density at radius 1 is 1.21 bits per heavy atom. The predicted molar refractivity (Wildman–Crippen MR) is 103 cm³/mol. The van der Waals surface area contributed by atoms with Crippen molar-refractivity contribution in [1.29, 1.82) is 0 Å². The zero-order chi connectivity index (χ0) is 17.4. The summed E-state index contributed by atoms with van der Waals surface area (Å²) in [5.41, 5.74) is 2.12. The Balaban J connectivity index is 1.91. The molecule has 4 heteroatoms. The van der Waals surface area contributed by atoms with Gasteiger partial charge in [0.05, 0.1) is 12.6 Å². The maximum absolute atomic E-state index is 5.34. The van der Waals surface area contributed by atoms with Crippen molar-refractivity contribution in [3.05, 3.63) is 30.5 Å². The summed E-state index contributed by atoms with van der Waals surface area (Å²) in [6.07, 6.45) is 6.78. The van der Waals surface area contributed by atoms with E-state index < -0.39 is 0 Å². The maximum Gasteiger partial charge on any atom is 0.119 e. The molecular weight excluding hydrogens is 298 g/mol. The molecule has 0 saturated heterocycles. The number of hydrogen-bond acceptors (Lipinski definition) is 4. The lowest BCUT2D eigenvalue weighted by Gasteiger charge is -2.20. The fraction of sp³-hybridized carbons (Fsp3) is 0.550. The minimum Gasteiger partial charge on any atom is -0.497 e. The van der Waals surface area contributed by atoms with Crippen molar-refractivity contribution in [2.45, 2.75) is 45.6 Å². The van der Waals surface area contributed by atoms with E-state index in [9.17, 15) is 0 Å². The van der Waals surface area contributed by atoms with E-state index in [0.29, 0.717) is 6.04 Å². The molecule has 1 unspecified atom stereocenters. The number of methoxy groups -OCH3 is 1. The fourth-order valence-electron chi connectivity index (χ4n) is 2.92. The van der Waals surface area contributed by atoms with Crippen LogP contribution in [0.3, 0.4) is 0 Å². The molecule has 0 radical (unpaired) electrons. The number of aromatic nitrogens is 1. The molecule has 0 bridgehead atoms. The van der Waals surface area contributed by atoms with Crippen LogP contribution in [0.5, 0.6) is 5.75 Å². The first-order valence-corrected chi connectivity index (χ1v) is 9.02. The first-order valence-electron chi connectivity index (χ1n) is 9.02. The zero-order valence-corrected chi connectivity index (χ0v) is 15.5. The van der Waals surface area contributed by atoms with E-state index in [2.05, 4.69) is 42.2 Å². The molecule has 1 aromatic heterocycles. The summed E-state index contributed by atoms with van der Waals surface area (Å²) in [6.45, 7) is 6.86. The number of rotatable bonds is 10. The largest absolute Gasteiger partial charge is 0.497 e. The normalized spacial score (nSPS) is 12.5. The number of hydrogen-bond donors (Lipinski definition) is 1. The standard InChI is InChI=1S/C20H31N3O/c1-5-6-13-23(3)14-7-8-16(2)22-20-11-12-21-19-10-9-17(24-4)15-18(19)20/h9-12,15-16H,5-8,13-14H2,1-4H3,(H,21,22). The topological polar surface area (TPSA) is 37.4 Å². The van der Waals surface area contributed by atoms with Gasteiger partial charge in [0, 0.05) is 23.3 Å². The highest BCUT2D eigenvalue weighted by molar-refractivity contribution is 5.92. The molecule has 0 aliphatic rings. The molecule has 0 aliphatic heterocycles. The van der Waals surface area contributed by atoms with Gasteiger partial charge in [0.25, 0.3) is 0 Å². The Morgan fingerprint density at radius 2 is 2.00 bits per heavy atom. The summed E-state index contributed by atoms with van der Waals surface area (Å²) in [7, 11) is 3.92. The molecule has 1 aromatic carbocycles. The van der Waals surface area contributed by atoms with E-state index in [0.717, 1.165) is 35.3 Å². The molecule has 0 amide bonds. The quantitative estimate of drug-likeness (QED) is 0.693. The van der Waals surface area contributed by atoms with E-state index in [4.69, 9.17) is 4.74 Å². The van der Waals surface area contributed by atoms with Gasteiger partial charge in [-0.1, -0.05) is 13.3 Å². The molecule has 0 spiro atoms. The van der Waals surface area contributed by atoms with Crippen LogP contribution in [0.4, 0.5) is 5.69 Å². The van der Waals surface area contributed by atoms with Crippen LogP contribution >= 0.6 is 0 Å². The van der Waals surface area contributed by atoms with E-state index in [1.165, 1.54) is 25.8 Å². The van der Waals surface area contributed by atoms with Crippen LogP contribution in [-0.4, -0.2) is 43.2 Å². The molecule has 24 heavy (non-hydrogen) atoms. The van der Waals surface area contributed by atoms with Gasteiger partial charge in [0.1, 0.15) is 5.75 Å². The minimum absolute atomic E-state index is 0.432. The van der Waals surface area contributed by atoms with Gasteiger partial charge in [-0.2, -0.15) is 0 Å². The number of benzene rings is 1. The molecule has 1 atom stereocenters. The lowest BCUT2D eigenvalue weighted by Crippen LogP contribution is -2.23. The molecule has 1 heterocycles. The molecule has 0 saturated carbocycles. The number of fused-ring (bicyclic) bond motifs is 1. The van der Waals surface area contributed by atoms with E-state index >= 15 is 0 Å². The number of pyridine rings is 1. The zero-order valence-electron chi connectivity index (χ0n) is 15.5. The smallest absolute Gasteiger partial charge is 0.119 e. The Hall–Kier alpha value is -1.81. The second kappa shape index (κ2) is 9.48. The third kappa shape index (κ3) is 5.38. The second-order valence-electron chi connectivity index (χ2n) is 6.59. The lowest BCUT2D eigenvalue weighted by molar-refractivity contribution is 0.318. The minimum atomic E-state index is 0.432. The van der Waals surface area contributed by atoms with Crippen molar-refractivity contribution in [2.24, 2.45) is 0 Å². The van der Waals surface area contributed by atoms with Crippen molar-refractivity contribution in [2.75, 3.05) is 32.6 Å². The Bertz CT molecular complexity index is 629. The molecule has 0 fully saturated rings. The van der Waals surface area contributed by atoms with Gasteiger partial charge < -0.3 is 15.0 Å². The van der Waals surface area contributed by atoms with Crippen LogP contribution in [0.15, 0.2) is 30.5 Å². The summed E-state index contributed by atoms with van der Waals surface area (Å²) >= 11 is 0. The number of nitrogens with one attached hydrogen (secondary N) is 1. The van der Waals surface area contributed by atoms with E-state index in [-0.39, 0.29) is 0 Å². The third-order valence-corrected chi connectivity index (χ3v) is 4.42. The molecule has 132 valence electrons. The highest BCUT2D eigenvalue weighted by Crippen LogP contribution is 2.26. The van der Waals surface area contributed by atoms with Crippen LogP contribution in [0, 0.1) is 0 Å². The third-order valence-electron chi connectivity index (χ3n) is 4.42. The van der Waals surface area contributed by atoms with Crippen molar-refractivity contribution in [1.82, 2.24) is 9.88 Å². The maximum atomic E-state index is 5.34.